The maximum Gasteiger partial charge on any atom is 0.137 e. The van der Waals surface area contributed by atoms with E-state index in [-0.39, 0.29) is 0 Å². The lowest BCUT2D eigenvalue weighted by molar-refractivity contribution is 0.503. The van der Waals surface area contributed by atoms with Crippen molar-refractivity contribution in [2.75, 3.05) is 6.54 Å². The molecule has 0 spiro atoms. The molecule has 0 unspecified atom stereocenters. The SMILES string of the molecule is CCCNCc1oc2c(C)ccc(C)c2c1C(C)C. The summed E-state index contributed by atoms with van der Waals surface area (Å²) in [6, 6.07) is 4.34. The van der Waals surface area contributed by atoms with Crippen LogP contribution in [0.3, 0.4) is 0 Å². The van der Waals surface area contributed by atoms with Crippen LogP contribution in [0.25, 0.3) is 11.0 Å². The minimum absolute atomic E-state index is 0.486. The molecule has 0 fully saturated rings. The minimum Gasteiger partial charge on any atom is -0.459 e. The van der Waals surface area contributed by atoms with Crippen molar-refractivity contribution in [2.45, 2.75) is 53.5 Å². The van der Waals surface area contributed by atoms with E-state index in [4.69, 9.17) is 4.42 Å². The summed E-state index contributed by atoms with van der Waals surface area (Å²) in [6.45, 7) is 12.8. The van der Waals surface area contributed by atoms with Gasteiger partial charge in [0, 0.05) is 10.9 Å². The zero-order valence-corrected chi connectivity index (χ0v) is 12.8. The molecule has 2 heteroatoms. The van der Waals surface area contributed by atoms with Crippen LogP contribution in [0.2, 0.25) is 0 Å². The van der Waals surface area contributed by atoms with Gasteiger partial charge in [0.25, 0.3) is 0 Å². The van der Waals surface area contributed by atoms with Crippen molar-refractivity contribution in [1.82, 2.24) is 5.32 Å². The second-order valence-corrected chi connectivity index (χ2v) is 5.67. The van der Waals surface area contributed by atoms with Gasteiger partial charge in [0.2, 0.25) is 0 Å². The molecule has 1 aromatic carbocycles. The number of furan rings is 1. The number of fused-ring (bicyclic) bond motifs is 1. The summed E-state index contributed by atoms with van der Waals surface area (Å²) in [5.74, 6) is 1.59. The molecule has 2 nitrogen and oxygen atoms in total. The number of hydrogen-bond acceptors (Lipinski definition) is 2. The Balaban J connectivity index is 2.54. The molecule has 104 valence electrons. The third-order valence-corrected chi connectivity index (χ3v) is 3.65. The summed E-state index contributed by atoms with van der Waals surface area (Å²) in [4.78, 5) is 0. The largest absolute Gasteiger partial charge is 0.459 e. The Kier molecular flexibility index (Phi) is 4.31. The van der Waals surface area contributed by atoms with Crippen LogP contribution in [0.1, 0.15) is 55.6 Å². The first-order valence-electron chi connectivity index (χ1n) is 7.28. The summed E-state index contributed by atoms with van der Waals surface area (Å²) in [5, 5.41) is 4.78. The highest BCUT2D eigenvalue weighted by atomic mass is 16.3. The predicted molar refractivity (Wildman–Crippen MR) is 81.8 cm³/mol. The lowest BCUT2D eigenvalue weighted by Crippen LogP contribution is -2.14. The summed E-state index contributed by atoms with van der Waals surface area (Å²) in [7, 11) is 0. The lowest BCUT2D eigenvalue weighted by Gasteiger charge is -2.08. The van der Waals surface area contributed by atoms with Crippen molar-refractivity contribution >= 4 is 11.0 Å². The molecule has 1 heterocycles. The second-order valence-electron chi connectivity index (χ2n) is 5.67. The van der Waals surface area contributed by atoms with Crippen LogP contribution in [0.15, 0.2) is 16.5 Å². The first-order valence-corrected chi connectivity index (χ1v) is 7.28. The van der Waals surface area contributed by atoms with Crippen molar-refractivity contribution in [3.8, 4) is 0 Å². The Labute approximate surface area is 116 Å². The van der Waals surface area contributed by atoms with Gasteiger partial charge in [-0.15, -0.1) is 0 Å². The number of hydrogen-bond donors (Lipinski definition) is 1. The van der Waals surface area contributed by atoms with Crippen LogP contribution < -0.4 is 5.32 Å². The van der Waals surface area contributed by atoms with Crippen molar-refractivity contribution in [2.24, 2.45) is 0 Å². The van der Waals surface area contributed by atoms with Gasteiger partial charge in [-0.2, -0.15) is 0 Å². The Morgan fingerprint density at radius 1 is 1.16 bits per heavy atom. The van der Waals surface area contributed by atoms with Crippen molar-refractivity contribution in [3.63, 3.8) is 0 Å². The van der Waals surface area contributed by atoms with Gasteiger partial charge in [-0.05, 0) is 43.9 Å². The van der Waals surface area contributed by atoms with E-state index in [1.54, 1.807) is 0 Å². The Bertz CT molecular complexity index is 566. The molecule has 0 atom stereocenters. The molecule has 0 aliphatic carbocycles. The molecule has 0 aliphatic heterocycles. The van der Waals surface area contributed by atoms with Gasteiger partial charge in [0.15, 0.2) is 0 Å². The van der Waals surface area contributed by atoms with E-state index in [1.165, 1.54) is 22.1 Å². The zero-order valence-electron chi connectivity index (χ0n) is 12.8. The third kappa shape index (κ3) is 2.69. The van der Waals surface area contributed by atoms with Gasteiger partial charge in [-0.1, -0.05) is 32.9 Å². The number of aryl methyl sites for hydroxylation is 2. The zero-order chi connectivity index (χ0) is 14.0. The summed E-state index contributed by atoms with van der Waals surface area (Å²) in [6.07, 6.45) is 1.15. The van der Waals surface area contributed by atoms with Gasteiger partial charge >= 0.3 is 0 Å². The van der Waals surface area contributed by atoms with Crippen molar-refractivity contribution in [3.05, 3.63) is 34.6 Å². The molecule has 1 aromatic heterocycles. The van der Waals surface area contributed by atoms with E-state index in [1.807, 2.05) is 0 Å². The van der Waals surface area contributed by atoms with Crippen LogP contribution in [0.5, 0.6) is 0 Å². The van der Waals surface area contributed by atoms with Crippen molar-refractivity contribution < 1.29 is 4.42 Å². The van der Waals surface area contributed by atoms with E-state index in [9.17, 15) is 0 Å². The molecule has 1 N–H and O–H groups in total. The molecular formula is C17H25NO. The maximum absolute atomic E-state index is 6.16. The van der Waals surface area contributed by atoms with Gasteiger partial charge in [-0.25, -0.2) is 0 Å². The van der Waals surface area contributed by atoms with E-state index in [2.05, 4.69) is 52.1 Å². The highest BCUT2D eigenvalue weighted by Crippen LogP contribution is 2.35. The third-order valence-electron chi connectivity index (χ3n) is 3.65. The Morgan fingerprint density at radius 3 is 2.47 bits per heavy atom. The number of rotatable bonds is 5. The first-order chi connectivity index (χ1) is 9.06. The second kappa shape index (κ2) is 5.79. The average molecular weight is 259 g/mol. The first kappa shape index (κ1) is 14.1. The molecule has 2 aromatic rings. The fourth-order valence-corrected chi connectivity index (χ4v) is 2.69. The van der Waals surface area contributed by atoms with Crippen LogP contribution in [-0.4, -0.2) is 6.54 Å². The van der Waals surface area contributed by atoms with Gasteiger partial charge in [0.05, 0.1) is 6.54 Å². The van der Waals surface area contributed by atoms with Crippen LogP contribution in [-0.2, 0) is 6.54 Å². The molecule has 0 bridgehead atoms. The van der Waals surface area contributed by atoms with Gasteiger partial charge in [0.1, 0.15) is 11.3 Å². The van der Waals surface area contributed by atoms with Gasteiger partial charge in [-0.3, -0.25) is 0 Å². The molecule has 0 amide bonds. The summed E-state index contributed by atoms with van der Waals surface area (Å²) >= 11 is 0. The highest BCUT2D eigenvalue weighted by Gasteiger charge is 2.19. The normalized spacial score (nSPS) is 11.7. The quantitative estimate of drug-likeness (QED) is 0.789. The lowest BCUT2D eigenvalue weighted by atomic mass is 9.95. The van der Waals surface area contributed by atoms with Crippen LogP contribution in [0.4, 0.5) is 0 Å². The average Bonchev–Trinajstić information content (AvgIpc) is 2.75. The predicted octanol–water partition coefficient (Wildman–Crippen LogP) is 4.67. The smallest absolute Gasteiger partial charge is 0.137 e. The van der Waals surface area contributed by atoms with Gasteiger partial charge < -0.3 is 9.73 Å². The molecule has 0 saturated carbocycles. The van der Waals surface area contributed by atoms with E-state index in [0.717, 1.165) is 30.9 Å². The summed E-state index contributed by atoms with van der Waals surface area (Å²) < 4.78 is 6.16. The molecule has 0 saturated heterocycles. The highest BCUT2D eigenvalue weighted by molar-refractivity contribution is 5.88. The fraction of sp³-hybridized carbons (Fsp3) is 0.529. The van der Waals surface area contributed by atoms with Crippen LogP contribution >= 0.6 is 0 Å². The van der Waals surface area contributed by atoms with E-state index < -0.39 is 0 Å². The number of nitrogens with one attached hydrogen (secondary N) is 1. The maximum atomic E-state index is 6.16. The minimum atomic E-state index is 0.486. The number of benzene rings is 1. The monoisotopic (exact) mass is 259 g/mol. The molecule has 0 radical (unpaired) electrons. The van der Waals surface area contributed by atoms with E-state index in [0.29, 0.717) is 5.92 Å². The topological polar surface area (TPSA) is 25.2 Å². The van der Waals surface area contributed by atoms with Crippen LogP contribution in [0, 0.1) is 13.8 Å². The molecule has 19 heavy (non-hydrogen) atoms. The fourth-order valence-electron chi connectivity index (χ4n) is 2.69. The standard InChI is InChI=1S/C17H25NO/c1-6-9-18-10-14-15(11(2)3)16-12(4)7-8-13(5)17(16)19-14/h7-8,11,18H,6,9-10H2,1-5H3. The van der Waals surface area contributed by atoms with Crippen molar-refractivity contribution in [1.29, 1.82) is 0 Å². The summed E-state index contributed by atoms with van der Waals surface area (Å²) in [5.41, 5.74) is 4.98. The Morgan fingerprint density at radius 2 is 1.84 bits per heavy atom. The molecule has 2 rings (SSSR count). The molecular weight excluding hydrogens is 234 g/mol. The van der Waals surface area contributed by atoms with E-state index >= 15 is 0 Å². The molecule has 0 aliphatic rings. The Hall–Kier alpha value is -1.28.